The highest BCUT2D eigenvalue weighted by atomic mass is 16.5. The number of likely N-dealkylation sites (tertiary alicyclic amines) is 1. The lowest BCUT2D eigenvalue weighted by Crippen LogP contribution is -2.46. The van der Waals surface area contributed by atoms with Gasteiger partial charge in [-0.1, -0.05) is 0 Å². The second kappa shape index (κ2) is 7.68. The SMILES string of the molecule is COc1coc(CN2CCCC(N(C)c3ccnc(C4CC4)n3)C2)cc1=O. The molecule has 3 heterocycles. The van der Waals surface area contributed by atoms with Gasteiger partial charge >= 0.3 is 0 Å². The van der Waals surface area contributed by atoms with Gasteiger partial charge in [0.15, 0.2) is 0 Å². The summed E-state index contributed by atoms with van der Waals surface area (Å²) in [6, 6.07) is 3.90. The van der Waals surface area contributed by atoms with E-state index in [2.05, 4.69) is 21.8 Å². The van der Waals surface area contributed by atoms with Crippen LogP contribution < -0.4 is 15.1 Å². The van der Waals surface area contributed by atoms with E-state index in [-0.39, 0.29) is 11.2 Å². The molecule has 7 nitrogen and oxygen atoms in total. The van der Waals surface area contributed by atoms with Gasteiger partial charge in [-0.25, -0.2) is 9.97 Å². The molecule has 0 bridgehead atoms. The third kappa shape index (κ3) is 4.13. The van der Waals surface area contributed by atoms with Crippen LogP contribution in [0.5, 0.6) is 5.75 Å². The van der Waals surface area contributed by atoms with Crippen molar-refractivity contribution in [3.8, 4) is 5.75 Å². The number of methoxy groups -OCH3 is 1. The van der Waals surface area contributed by atoms with Gasteiger partial charge in [0.1, 0.15) is 23.7 Å². The zero-order valence-electron chi connectivity index (χ0n) is 15.9. The summed E-state index contributed by atoms with van der Waals surface area (Å²) in [5, 5.41) is 0. The standard InChI is InChI=1S/C20H26N4O3/c1-23(19-7-8-21-20(22-19)14-5-6-14)15-4-3-9-24(11-15)12-16-10-17(25)18(26-2)13-27-16/h7-8,10,13-15H,3-6,9,11-12H2,1-2H3. The highest BCUT2D eigenvalue weighted by Crippen LogP contribution is 2.38. The van der Waals surface area contributed by atoms with E-state index in [0.717, 1.165) is 37.6 Å². The molecule has 2 aromatic heterocycles. The molecule has 1 saturated carbocycles. The number of aromatic nitrogens is 2. The smallest absolute Gasteiger partial charge is 0.227 e. The van der Waals surface area contributed by atoms with Gasteiger partial charge in [0.05, 0.1) is 13.7 Å². The number of ether oxygens (including phenoxy) is 1. The predicted octanol–water partition coefficient (Wildman–Crippen LogP) is 2.42. The molecule has 2 aromatic rings. The lowest BCUT2D eigenvalue weighted by atomic mass is 10.0. The van der Waals surface area contributed by atoms with Crippen LogP contribution in [0.2, 0.25) is 0 Å². The van der Waals surface area contributed by atoms with Crippen LogP contribution in [0.4, 0.5) is 5.82 Å². The minimum atomic E-state index is -0.141. The maximum atomic E-state index is 11.9. The number of piperidine rings is 1. The molecule has 0 N–H and O–H groups in total. The number of nitrogens with zero attached hydrogens (tertiary/aromatic N) is 4. The molecule has 2 fully saturated rings. The molecule has 2 aliphatic rings. The lowest BCUT2D eigenvalue weighted by Gasteiger charge is -2.38. The van der Waals surface area contributed by atoms with Crippen molar-refractivity contribution in [3.63, 3.8) is 0 Å². The Morgan fingerprint density at radius 3 is 2.96 bits per heavy atom. The fourth-order valence-electron chi connectivity index (χ4n) is 3.67. The molecule has 1 aliphatic heterocycles. The van der Waals surface area contributed by atoms with E-state index in [4.69, 9.17) is 14.1 Å². The van der Waals surface area contributed by atoms with Crippen molar-refractivity contribution in [1.82, 2.24) is 14.9 Å². The van der Waals surface area contributed by atoms with Gasteiger partial charge in [-0.2, -0.15) is 0 Å². The molecule has 1 unspecified atom stereocenters. The zero-order chi connectivity index (χ0) is 18.8. The summed E-state index contributed by atoms with van der Waals surface area (Å²) in [7, 11) is 3.58. The first kappa shape index (κ1) is 18.0. The van der Waals surface area contributed by atoms with Crippen molar-refractivity contribution in [2.45, 2.75) is 44.2 Å². The van der Waals surface area contributed by atoms with E-state index < -0.39 is 0 Å². The number of hydrogen-bond acceptors (Lipinski definition) is 7. The molecule has 7 heteroatoms. The molecule has 0 spiro atoms. The van der Waals surface area contributed by atoms with E-state index in [1.807, 2.05) is 12.3 Å². The lowest BCUT2D eigenvalue weighted by molar-refractivity contribution is 0.183. The number of likely N-dealkylation sites (N-methyl/N-ethyl adjacent to an activating group) is 1. The Labute approximate surface area is 159 Å². The molecule has 4 rings (SSSR count). The topological polar surface area (TPSA) is 71.7 Å². The van der Waals surface area contributed by atoms with Crippen LogP contribution in [0.3, 0.4) is 0 Å². The monoisotopic (exact) mass is 370 g/mol. The molecule has 27 heavy (non-hydrogen) atoms. The second-order valence-corrected chi connectivity index (χ2v) is 7.47. The van der Waals surface area contributed by atoms with E-state index in [9.17, 15) is 4.79 Å². The Kier molecular flexibility index (Phi) is 5.11. The maximum Gasteiger partial charge on any atom is 0.227 e. The molecule has 1 atom stereocenters. The molecular weight excluding hydrogens is 344 g/mol. The average Bonchev–Trinajstić information content (AvgIpc) is 3.53. The number of hydrogen-bond donors (Lipinski definition) is 0. The first-order chi connectivity index (χ1) is 13.1. The first-order valence-corrected chi connectivity index (χ1v) is 9.58. The molecule has 0 aromatic carbocycles. The first-order valence-electron chi connectivity index (χ1n) is 9.58. The van der Waals surface area contributed by atoms with Crippen molar-refractivity contribution >= 4 is 5.82 Å². The van der Waals surface area contributed by atoms with Crippen LogP contribution in [-0.4, -0.2) is 48.2 Å². The average molecular weight is 370 g/mol. The Bertz CT molecular complexity index is 849. The third-order valence-corrected chi connectivity index (χ3v) is 5.44. The minimum absolute atomic E-state index is 0.141. The summed E-state index contributed by atoms with van der Waals surface area (Å²) in [5.74, 6) is 3.44. The van der Waals surface area contributed by atoms with Crippen LogP contribution in [0.25, 0.3) is 0 Å². The van der Waals surface area contributed by atoms with Crippen LogP contribution in [-0.2, 0) is 6.54 Å². The number of anilines is 1. The summed E-state index contributed by atoms with van der Waals surface area (Å²) in [4.78, 5) is 25.7. The van der Waals surface area contributed by atoms with Gasteiger partial charge in [0.2, 0.25) is 11.2 Å². The number of rotatable bonds is 6. The van der Waals surface area contributed by atoms with Gasteiger partial charge in [-0.15, -0.1) is 0 Å². The summed E-state index contributed by atoms with van der Waals surface area (Å²) in [6.45, 7) is 2.53. The van der Waals surface area contributed by atoms with Gasteiger partial charge in [-0.3, -0.25) is 9.69 Å². The van der Waals surface area contributed by atoms with Crippen LogP contribution >= 0.6 is 0 Å². The molecule has 144 valence electrons. The molecule has 0 radical (unpaired) electrons. The van der Waals surface area contributed by atoms with Crippen LogP contribution in [0, 0.1) is 0 Å². The van der Waals surface area contributed by atoms with Gasteiger partial charge in [0.25, 0.3) is 0 Å². The van der Waals surface area contributed by atoms with Gasteiger partial charge in [-0.05, 0) is 38.3 Å². The quantitative estimate of drug-likeness (QED) is 0.773. The van der Waals surface area contributed by atoms with Gasteiger partial charge < -0.3 is 14.1 Å². The Morgan fingerprint density at radius 2 is 2.22 bits per heavy atom. The summed E-state index contributed by atoms with van der Waals surface area (Å²) < 4.78 is 10.5. The van der Waals surface area contributed by atoms with E-state index in [1.165, 1.54) is 32.3 Å². The van der Waals surface area contributed by atoms with Crippen molar-refractivity contribution in [1.29, 1.82) is 0 Å². The summed E-state index contributed by atoms with van der Waals surface area (Å²) in [5.41, 5.74) is -0.141. The van der Waals surface area contributed by atoms with Gasteiger partial charge in [0, 0.05) is 37.8 Å². The fraction of sp³-hybridized carbons (Fsp3) is 0.550. The summed E-state index contributed by atoms with van der Waals surface area (Å²) >= 11 is 0. The highest BCUT2D eigenvalue weighted by molar-refractivity contribution is 5.38. The van der Waals surface area contributed by atoms with Crippen molar-refractivity contribution in [3.05, 3.63) is 46.4 Å². The Hall–Kier alpha value is -2.41. The molecular formula is C20H26N4O3. The predicted molar refractivity (Wildman–Crippen MR) is 102 cm³/mol. The Morgan fingerprint density at radius 1 is 1.37 bits per heavy atom. The molecule has 0 amide bonds. The van der Waals surface area contributed by atoms with E-state index >= 15 is 0 Å². The molecule has 1 saturated heterocycles. The van der Waals surface area contributed by atoms with E-state index in [0.29, 0.717) is 24.3 Å². The second-order valence-electron chi connectivity index (χ2n) is 7.47. The molecule has 1 aliphatic carbocycles. The fourth-order valence-corrected chi connectivity index (χ4v) is 3.67. The highest BCUT2D eigenvalue weighted by Gasteiger charge is 2.28. The van der Waals surface area contributed by atoms with Crippen LogP contribution in [0.15, 0.2) is 33.8 Å². The minimum Gasteiger partial charge on any atom is -0.490 e. The normalized spacial score (nSPS) is 20.4. The largest absolute Gasteiger partial charge is 0.490 e. The summed E-state index contributed by atoms with van der Waals surface area (Å²) in [6.07, 6.45) is 7.91. The van der Waals surface area contributed by atoms with Crippen molar-refractivity contribution < 1.29 is 9.15 Å². The van der Waals surface area contributed by atoms with Crippen LogP contribution in [0.1, 0.15) is 43.2 Å². The van der Waals surface area contributed by atoms with Crippen molar-refractivity contribution in [2.24, 2.45) is 0 Å². The van der Waals surface area contributed by atoms with Crippen molar-refractivity contribution in [2.75, 3.05) is 32.1 Å². The zero-order valence-corrected chi connectivity index (χ0v) is 15.9. The Balaban J connectivity index is 1.42. The van der Waals surface area contributed by atoms with E-state index in [1.54, 1.807) is 0 Å². The third-order valence-electron chi connectivity index (χ3n) is 5.44. The maximum absolute atomic E-state index is 11.9.